The summed E-state index contributed by atoms with van der Waals surface area (Å²) in [5.41, 5.74) is 2.46. The van der Waals surface area contributed by atoms with Gasteiger partial charge >= 0.3 is 0 Å². The number of sulfonamides is 1. The molecular weight excluding hydrogens is 414 g/mol. The number of benzene rings is 2. The molecule has 0 spiro atoms. The lowest BCUT2D eigenvalue weighted by molar-refractivity contribution is 0.315. The Morgan fingerprint density at radius 1 is 1.19 bits per heavy atom. The van der Waals surface area contributed by atoms with Gasteiger partial charge in [0, 0.05) is 19.6 Å². The molecule has 2 aromatic carbocycles. The smallest absolute Gasteiger partial charge is 0.298 e. The number of aryl methyl sites for hydroxylation is 1. The Morgan fingerprint density at radius 3 is 2.68 bits per heavy atom. The van der Waals surface area contributed by atoms with Crippen LogP contribution in [0.5, 0.6) is 5.75 Å². The van der Waals surface area contributed by atoms with Crippen LogP contribution < -0.4 is 14.4 Å². The minimum Gasteiger partial charge on any atom is -0.493 e. The summed E-state index contributed by atoms with van der Waals surface area (Å²) in [7, 11) is -3.55. The molecule has 1 aliphatic heterocycles. The molecule has 1 saturated heterocycles. The molecule has 4 rings (SSSR count). The van der Waals surface area contributed by atoms with Crippen molar-refractivity contribution in [2.24, 2.45) is 5.92 Å². The Labute approximate surface area is 183 Å². The maximum Gasteiger partial charge on any atom is 0.298 e. The fourth-order valence-electron chi connectivity index (χ4n) is 3.80. The van der Waals surface area contributed by atoms with Gasteiger partial charge in [0.05, 0.1) is 11.5 Å². The minimum atomic E-state index is -3.55. The quantitative estimate of drug-likeness (QED) is 0.564. The monoisotopic (exact) mass is 443 g/mol. The molecule has 3 aromatic rings. The normalized spacial score (nSPS) is 15.5. The molecule has 0 aliphatic carbocycles. The summed E-state index contributed by atoms with van der Waals surface area (Å²) in [6.45, 7) is 6.54. The Kier molecular flexibility index (Phi) is 6.48. The van der Waals surface area contributed by atoms with Crippen molar-refractivity contribution in [2.45, 2.75) is 38.0 Å². The largest absolute Gasteiger partial charge is 0.493 e. The molecule has 7 nitrogen and oxygen atoms in total. The molecule has 1 aliphatic rings. The number of para-hydroxylation sites is 2. The average molecular weight is 444 g/mol. The van der Waals surface area contributed by atoms with E-state index in [-0.39, 0.29) is 10.8 Å². The minimum absolute atomic E-state index is 0.276. The molecule has 0 amide bonds. The van der Waals surface area contributed by atoms with Crippen LogP contribution in [0, 0.1) is 12.8 Å². The first kappa shape index (κ1) is 21.6. The van der Waals surface area contributed by atoms with Crippen LogP contribution in [0.4, 0.5) is 6.01 Å². The molecule has 166 valence electrons. The topological polar surface area (TPSA) is 84.7 Å². The summed E-state index contributed by atoms with van der Waals surface area (Å²) in [6, 6.07) is 13.4. The Hall–Kier alpha value is -2.58. The number of hydrogen-bond acceptors (Lipinski definition) is 6. The van der Waals surface area contributed by atoms with E-state index in [0.717, 1.165) is 54.8 Å². The maximum absolute atomic E-state index is 12.8. The number of rotatable bonds is 8. The van der Waals surface area contributed by atoms with Gasteiger partial charge in [-0.25, -0.2) is 13.1 Å². The second-order valence-electron chi connectivity index (χ2n) is 8.02. The molecule has 0 bridgehead atoms. The highest BCUT2D eigenvalue weighted by Crippen LogP contribution is 2.27. The lowest BCUT2D eigenvalue weighted by atomic mass is 9.97. The number of ether oxygens (including phenoxy) is 1. The van der Waals surface area contributed by atoms with Crippen LogP contribution in [0.1, 0.15) is 31.7 Å². The Morgan fingerprint density at radius 2 is 1.97 bits per heavy atom. The first-order valence-corrected chi connectivity index (χ1v) is 12.3. The van der Waals surface area contributed by atoms with Crippen LogP contribution in [0.2, 0.25) is 0 Å². The van der Waals surface area contributed by atoms with E-state index in [0.29, 0.717) is 19.2 Å². The average Bonchev–Trinajstić information content (AvgIpc) is 3.21. The molecule has 8 heteroatoms. The predicted molar refractivity (Wildman–Crippen MR) is 121 cm³/mol. The number of nitrogens with zero attached hydrogens (tertiary/aromatic N) is 2. The van der Waals surface area contributed by atoms with Gasteiger partial charge in [-0.05, 0) is 68.0 Å². The predicted octanol–water partition coefficient (Wildman–Crippen LogP) is 4.12. The van der Waals surface area contributed by atoms with Crippen molar-refractivity contribution in [3.8, 4) is 5.75 Å². The summed E-state index contributed by atoms with van der Waals surface area (Å²) in [6.07, 6.45) is 2.67. The number of fused-ring (bicyclic) bond motifs is 1. The van der Waals surface area contributed by atoms with Crippen LogP contribution in [0.25, 0.3) is 11.1 Å². The summed E-state index contributed by atoms with van der Waals surface area (Å²) in [5.74, 6) is 1.01. The van der Waals surface area contributed by atoms with Crippen LogP contribution in [-0.2, 0) is 10.0 Å². The fourth-order valence-corrected chi connectivity index (χ4v) is 5.00. The third-order valence-electron chi connectivity index (χ3n) is 5.65. The fraction of sp³-hybridized carbons (Fsp3) is 0.435. The second-order valence-corrected chi connectivity index (χ2v) is 9.79. The molecule has 0 saturated carbocycles. The third kappa shape index (κ3) is 5.02. The number of oxazole rings is 1. The van der Waals surface area contributed by atoms with Crippen molar-refractivity contribution in [2.75, 3.05) is 31.1 Å². The van der Waals surface area contributed by atoms with E-state index in [1.807, 2.05) is 38.1 Å². The van der Waals surface area contributed by atoms with Crippen LogP contribution in [0.3, 0.4) is 0 Å². The summed E-state index contributed by atoms with van der Waals surface area (Å²) in [5, 5.41) is 0. The van der Waals surface area contributed by atoms with E-state index in [9.17, 15) is 8.42 Å². The number of nitrogens with one attached hydrogen (secondary N) is 1. The van der Waals surface area contributed by atoms with E-state index in [1.165, 1.54) is 0 Å². The SMILES string of the molecule is CCCOc1ccc(S(=O)(=O)NCC2CCN(c3nc4ccccc4o3)CC2)cc1C. The first-order valence-electron chi connectivity index (χ1n) is 10.8. The van der Waals surface area contributed by atoms with Crippen molar-refractivity contribution in [1.82, 2.24) is 9.71 Å². The molecule has 0 atom stereocenters. The van der Waals surface area contributed by atoms with Gasteiger partial charge in [0.2, 0.25) is 10.0 Å². The van der Waals surface area contributed by atoms with Crippen molar-refractivity contribution in [1.29, 1.82) is 0 Å². The zero-order valence-corrected chi connectivity index (χ0v) is 18.8. The lowest BCUT2D eigenvalue weighted by Gasteiger charge is -2.30. The second kappa shape index (κ2) is 9.28. The Bertz CT molecular complexity index is 1100. The lowest BCUT2D eigenvalue weighted by Crippen LogP contribution is -2.38. The molecule has 31 heavy (non-hydrogen) atoms. The van der Waals surface area contributed by atoms with Gasteiger partial charge in [-0.15, -0.1) is 0 Å². The molecule has 1 fully saturated rings. The Balaban J connectivity index is 1.32. The molecule has 0 unspecified atom stereocenters. The highest BCUT2D eigenvalue weighted by atomic mass is 32.2. The van der Waals surface area contributed by atoms with E-state index < -0.39 is 10.0 Å². The van der Waals surface area contributed by atoms with Crippen LogP contribution >= 0.6 is 0 Å². The first-order chi connectivity index (χ1) is 15.0. The van der Waals surface area contributed by atoms with Gasteiger partial charge in [0.1, 0.15) is 11.3 Å². The molecule has 2 heterocycles. The van der Waals surface area contributed by atoms with Crippen LogP contribution in [-0.4, -0.2) is 39.6 Å². The highest BCUT2D eigenvalue weighted by molar-refractivity contribution is 7.89. The van der Waals surface area contributed by atoms with Gasteiger partial charge in [0.25, 0.3) is 6.01 Å². The number of piperidine rings is 1. The van der Waals surface area contributed by atoms with Gasteiger partial charge in [0.15, 0.2) is 5.58 Å². The summed E-state index contributed by atoms with van der Waals surface area (Å²) in [4.78, 5) is 6.96. The van der Waals surface area contributed by atoms with Gasteiger partial charge < -0.3 is 14.1 Å². The zero-order valence-electron chi connectivity index (χ0n) is 18.0. The van der Waals surface area contributed by atoms with E-state index in [4.69, 9.17) is 9.15 Å². The molecular formula is C23H29N3O4S. The van der Waals surface area contributed by atoms with Crippen molar-refractivity contribution in [3.63, 3.8) is 0 Å². The van der Waals surface area contributed by atoms with Gasteiger partial charge in [-0.1, -0.05) is 19.1 Å². The van der Waals surface area contributed by atoms with Crippen molar-refractivity contribution < 1.29 is 17.6 Å². The number of hydrogen-bond donors (Lipinski definition) is 1. The number of aromatic nitrogens is 1. The van der Waals surface area contributed by atoms with E-state index in [1.54, 1.807) is 18.2 Å². The summed E-state index contributed by atoms with van der Waals surface area (Å²) < 4.78 is 39.8. The van der Waals surface area contributed by atoms with E-state index >= 15 is 0 Å². The van der Waals surface area contributed by atoms with Crippen molar-refractivity contribution in [3.05, 3.63) is 48.0 Å². The maximum atomic E-state index is 12.8. The zero-order chi connectivity index (χ0) is 21.8. The van der Waals surface area contributed by atoms with Crippen molar-refractivity contribution >= 4 is 27.1 Å². The number of anilines is 1. The van der Waals surface area contributed by atoms with Crippen LogP contribution in [0.15, 0.2) is 51.8 Å². The van der Waals surface area contributed by atoms with E-state index in [2.05, 4.69) is 14.6 Å². The molecule has 1 aromatic heterocycles. The van der Waals surface area contributed by atoms with Gasteiger partial charge in [-0.3, -0.25) is 0 Å². The third-order valence-corrected chi connectivity index (χ3v) is 7.07. The summed E-state index contributed by atoms with van der Waals surface area (Å²) >= 11 is 0. The van der Waals surface area contributed by atoms with Gasteiger partial charge in [-0.2, -0.15) is 4.98 Å². The molecule has 0 radical (unpaired) electrons. The highest BCUT2D eigenvalue weighted by Gasteiger charge is 2.24. The molecule has 1 N–H and O–H groups in total. The standard InChI is InChI=1S/C23H29N3O4S/c1-3-14-29-21-9-8-19(15-17(21)2)31(27,28)24-16-18-10-12-26(13-11-18)23-25-20-6-4-5-7-22(20)30-23/h4-9,15,18,24H,3,10-14,16H2,1-2H3.